The summed E-state index contributed by atoms with van der Waals surface area (Å²) in [7, 11) is 0. The van der Waals surface area contributed by atoms with Crippen LogP contribution in [0.1, 0.15) is 56.5 Å². The normalized spacial score (nSPS) is 18.4. The van der Waals surface area contributed by atoms with E-state index in [1.54, 1.807) is 6.07 Å². The standard InChI is InChI=1S/C23H26F3N5O3/c1-2-16-19-17(7-4-8-18(19)33-21(32)23(24,25)26)31(28-16)22-27-20(34-29-22)15-9-11-30(12-10-15)13-14-5-3-6-14/h4,7-8,14-15H,2-3,5-6,9-13H2,1H3. The molecule has 0 bridgehead atoms. The molecular weight excluding hydrogens is 451 g/mol. The summed E-state index contributed by atoms with van der Waals surface area (Å²) >= 11 is 0. The molecule has 3 aromatic rings. The van der Waals surface area contributed by atoms with Crippen LogP contribution in [-0.2, 0) is 11.2 Å². The average Bonchev–Trinajstić information content (AvgIpc) is 3.41. The van der Waals surface area contributed by atoms with Gasteiger partial charge in [0.05, 0.1) is 16.6 Å². The quantitative estimate of drug-likeness (QED) is 0.384. The Kier molecular flexibility index (Phi) is 6.05. The van der Waals surface area contributed by atoms with Crippen LogP contribution in [0.2, 0.25) is 0 Å². The van der Waals surface area contributed by atoms with Gasteiger partial charge < -0.3 is 14.2 Å². The molecule has 0 spiro atoms. The monoisotopic (exact) mass is 477 g/mol. The van der Waals surface area contributed by atoms with Crippen molar-refractivity contribution < 1.29 is 27.2 Å². The topological polar surface area (TPSA) is 86.3 Å². The number of carbonyl (C=O) groups is 1. The van der Waals surface area contributed by atoms with Gasteiger partial charge >= 0.3 is 12.1 Å². The second kappa shape index (κ2) is 9.01. The maximum Gasteiger partial charge on any atom is 0.491 e. The van der Waals surface area contributed by atoms with E-state index in [0.717, 1.165) is 31.8 Å². The lowest BCUT2D eigenvalue weighted by Gasteiger charge is -2.36. The Labute approximate surface area is 194 Å². The second-order valence-electron chi connectivity index (χ2n) is 9.05. The zero-order valence-corrected chi connectivity index (χ0v) is 18.8. The first kappa shape index (κ1) is 22.8. The van der Waals surface area contributed by atoms with E-state index in [9.17, 15) is 18.0 Å². The lowest BCUT2D eigenvalue weighted by atomic mass is 9.84. The third kappa shape index (κ3) is 4.40. The SMILES string of the molecule is CCc1nn(-c2noc(C3CCN(CC4CCC4)CC3)n2)c2cccc(OC(=O)C(F)(F)F)c12. The Bertz CT molecular complexity index is 1180. The molecule has 3 heterocycles. The number of carbonyl (C=O) groups excluding carboxylic acids is 1. The molecule has 0 radical (unpaired) electrons. The number of rotatable bonds is 6. The maximum absolute atomic E-state index is 12.7. The van der Waals surface area contributed by atoms with Crippen molar-refractivity contribution >= 4 is 16.9 Å². The molecule has 0 N–H and O–H groups in total. The fraction of sp³-hybridized carbons (Fsp3) is 0.565. The minimum atomic E-state index is -5.10. The van der Waals surface area contributed by atoms with Gasteiger partial charge in [-0.15, -0.1) is 0 Å². The van der Waals surface area contributed by atoms with Gasteiger partial charge in [0.2, 0.25) is 5.89 Å². The number of nitrogens with zero attached hydrogens (tertiary/aromatic N) is 5. The first-order valence-electron chi connectivity index (χ1n) is 11.7. The zero-order chi connectivity index (χ0) is 23.9. The lowest BCUT2D eigenvalue weighted by molar-refractivity contribution is -0.189. The van der Waals surface area contributed by atoms with Gasteiger partial charge in [-0.05, 0) is 68.4 Å². The largest absolute Gasteiger partial charge is 0.491 e. The number of likely N-dealkylation sites (tertiary alicyclic amines) is 1. The predicted octanol–water partition coefficient (Wildman–Crippen LogP) is 4.42. The van der Waals surface area contributed by atoms with E-state index >= 15 is 0 Å². The van der Waals surface area contributed by atoms with Crippen molar-refractivity contribution in [1.29, 1.82) is 0 Å². The van der Waals surface area contributed by atoms with Crippen LogP contribution in [0.5, 0.6) is 5.75 Å². The van der Waals surface area contributed by atoms with E-state index < -0.39 is 12.1 Å². The van der Waals surface area contributed by atoms with Gasteiger partial charge in [-0.3, -0.25) is 0 Å². The van der Waals surface area contributed by atoms with Crippen molar-refractivity contribution in [2.24, 2.45) is 5.92 Å². The van der Waals surface area contributed by atoms with Crippen molar-refractivity contribution in [3.8, 4) is 11.7 Å². The van der Waals surface area contributed by atoms with Crippen LogP contribution in [-0.4, -0.2) is 56.6 Å². The Morgan fingerprint density at radius 1 is 1.21 bits per heavy atom. The number of benzene rings is 1. The average molecular weight is 477 g/mol. The zero-order valence-electron chi connectivity index (χ0n) is 18.8. The van der Waals surface area contributed by atoms with Crippen LogP contribution < -0.4 is 4.74 Å². The van der Waals surface area contributed by atoms with E-state index in [0.29, 0.717) is 28.9 Å². The molecule has 5 rings (SSSR count). The summed E-state index contributed by atoms with van der Waals surface area (Å²) in [5.41, 5.74) is 0.906. The Morgan fingerprint density at radius 2 is 1.97 bits per heavy atom. The van der Waals surface area contributed by atoms with Crippen LogP contribution in [0.4, 0.5) is 13.2 Å². The number of hydrogen-bond donors (Lipinski definition) is 0. The minimum absolute atomic E-state index is 0.162. The number of aryl methyl sites for hydroxylation is 1. The number of ether oxygens (including phenoxy) is 1. The van der Waals surface area contributed by atoms with Crippen molar-refractivity contribution in [3.05, 3.63) is 29.8 Å². The third-order valence-corrected chi connectivity index (χ3v) is 6.81. The number of fused-ring (bicyclic) bond motifs is 1. The summed E-state index contributed by atoms with van der Waals surface area (Å²) in [4.78, 5) is 18.5. The molecule has 0 atom stereocenters. The third-order valence-electron chi connectivity index (χ3n) is 6.81. The Hall–Kier alpha value is -2.95. The molecule has 1 saturated heterocycles. The van der Waals surface area contributed by atoms with E-state index in [2.05, 4.69) is 24.9 Å². The summed E-state index contributed by atoms with van der Waals surface area (Å²) in [5, 5.41) is 8.89. The summed E-state index contributed by atoms with van der Waals surface area (Å²) < 4.78 is 49.9. The molecule has 2 aliphatic rings. The molecule has 1 aromatic carbocycles. The van der Waals surface area contributed by atoms with Gasteiger partial charge in [-0.25, -0.2) is 4.79 Å². The fourth-order valence-electron chi connectivity index (χ4n) is 4.74. The van der Waals surface area contributed by atoms with Gasteiger partial charge in [-0.1, -0.05) is 19.4 Å². The summed E-state index contributed by atoms with van der Waals surface area (Å²) in [6.07, 6.45) is 1.20. The molecule has 11 heteroatoms. The summed E-state index contributed by atoms with van der Waals surface area (Å²) in [6.45, 7) is 4.98. The van der Waals surface area contributed by atoms with Crippen molar-refractivity contribution in [2.75, 3.05) is 19.6 Å². The lowest BCUT2D eigenvalue weighted by Crippen LogP contribution is -2.38. The molecule has 2 fully saturated rings. The Morgan fingerprint density at radius 3 is 2.62 bits per heavy atom. The molecule has 2 aromatic heterocycles. The first-order chi connectivity index (χ1) is 16.3. The van der Waals surface area contributed by atoms with Gasteiger partial charge in [0.25, 0.3) is 5.95 Å². The molecule has 8 nitrogen and oxygen atoms in total. The van der Waals surface area contributed by atoms with Crippen molar-refractivity contribution in [3.63, 3.8) is 0 Å². The molecule has 182 valence electrons. The predicted molar refractivity (Wildman–Crippen MR) is 116 cm³/mol. The number of aromatic nitrogens is 4. The molecule has 1 aliphatic heterocycles. The van der Waals surface area contributed by atoms with Gasteiger partial charge in [0, 0.05) is 12.5 Å². The Balaban J connectivity index is 1.37. The van der Waals surface area contributed by atoms with E-state index in [1.807, 2.05) is 6.92 Å². The minimum Gasteiger partial charge on any atom is -0.419 e. The first-order valence-corrected chi connectivity index (χ1v) is 11.7. The number of halogens is 3. The highest BCUT2D eigenvalue weighted by Gasteiger charge is 2.42. The number of alkyl halides is 3. The number of hydrogen-bond acceptors (Lipinski definition) is 7. The second-order valence-corrected chi connectivity index (χ2v) is 9.05. The highest BCUT2D eigenvalue weighted by molar-refractivity contribution is 5.92. The smallest absolute Gasteiger partial charge is 0.419 e. The molecule has 1 aliphatic carbocycles. The van der Waals surface area contributed by atoms with Crippen molar-refractivity contribution in [1.82, 2.24) is 24.8 Å². The molecule has 0 unspecified atom stereocenters. The molecule has 1 saturated carbocycles. The highest BCUT2D eigenvalue weighted by atomic mass is 19.4. The molecule has 0 amide bonds. The van der Waals surface area contributed by atoms with Gasteiger partial charge in [0.1, 0.15) is 5.75 Å². The van der Waals surface area contributed by atoms with Crippen LogP contribution in [0.25, 0.3) is 16.9 Å². The maximum atomic E-state index is 12.7. The molecule has 34 heavy (non-hydrogen) atoms. The number of esters is 1. The van der Waals surface area contributed by atoms with E-state index in [4.69, 9.17) is 4.52 Å². The van der Waals surface area contributed by atoms with Crippen molar-refractivity contribution in [2.45, 2.75) is 57.5 Å². The van der Waals surface area contributed by atoms with E-state index in [1.165, 1.54) is 42.6 Å². The van der Waals surface area contributed by atoms with Gasteiger partial charge in [0.15, 0.2) is 0 Å². The molecular formula is C23H26F3N5O3. The van der Waals surface area contributed by atoms with Crippen LogP contribution >= 0.6 is 0 Å². The van der Waals surface area contributed by atoms with Crippen LogP contribution in [0, 0.1) is 5.92 Å². The number of piperidine rings is 1. The van der Waals surface area contributed by atoms with Gasteiger partial charge in [-0.2, -0.15) is 27.9 Å². The fourth-order valence-corrected chi connectivity index (χ4v) is 4.74. The summed E-state index contributed by atoms with van der Waals surface area (Å²) in [5.74, 6) is -0.733. The highest BCUT2D eigenvalue weighted by Crippen LogP contribution is 2.34. The summed E-state index contributed by atoms with van der Waals surface area (Å²) in [6, 6.07) is 4.48. The van der Waals surface area contributed by atoms with Crippen LogP contribution in [0.3, 0.4) is 0 Å². The van der Waals surface area contributed by atoms with E-state index in [-0.39, 0.29) is 17.6 Å². The van der Waals surface area contributed by atoms with Crippen LogP contribution in [0.15, 0.2) is 22.7 Å².